The first-order valence-corrected chi connectivity index (χ1v) is 6.86. The van der Waals surface area contributed by atoms with Crippen molar-refractivity contribution in [3.63, 3.8) is 0 Å². The van der Waals surface area contributed by atoms with Crippen LogP contribution in [0.15, 0.2) is 29.3 Å². The topological polar surface area (TPSA) is 99.3 Å². The summed E-state index contributed by atoms with van der Waals surface area (Å²) in [5.74, 6) is -3.43. The van der Waals surface area contributed by atoms with Crippen LogP contribution in [0.25, 0.3) is 11.0 Å². The van der Waals surface area contributed by atoms with Crippen LogP contribution in [-0.4, -0.2) is 21.0 Å². The van der Waals surface area contributed by atoms with Gasteiger partial charge in [-0.05, 0) is 24.3 Å². The van der Waals surface area contributed by atoms with Crippen molar-refractivity contribution in [3.05, 3.63) is 52.3 Å². The fourth-order valence-electron chi connectivity index (χ4n) is 2.14. The van der Waals surface area contributed by atoms with Crippen LogP contribution in [0.5, 0.6) is 0 Å². The highest BCUT2D eigenvalue weighted by atomic mass is 35.5. The summed E-state index contributed by atoms with van der Waals surface area (Å²) in [7, 11) is 0. The third-order valence-corrected chi connectivity index (χ3v) is 3.47. The molecule has 0 bridgehead atoms. The minimum absolute atomic E-state index is 0.0277. The van der Waals surface area contributed by atoms with E-state index < -0.39 is 17.5 Å². The molecular formula is C14H9ClF3N5O. The van der Waals surface area contributed by atoms with Gasteiger partial charge in [0.25, 0.3) is 0 Å². The smallest absolute Gasteiger partial charge is 0.198 e. The third-order valence-electron chi connectivity index (χ3n) is 3.19. The summed E-state index contributed by atoms with van der Waals surface area (Å²) >= 11 is 5.66. The second kappa shape index (κ2) is 6.02. The molecule has 3 rings (SSSR count). The normalized spacial score (nSPS) is 12.0. The van der Waals surface area contributed by atoms with Crippen molar-refractivity contribution in [2.75, 3.05) is 5.73 Å². The number of hydrogen-bond acceptors (Lipinski definition) is 4. The molecule has 2 aromatic carbocycles. The number of rotatable bonds is 2. The standard InChI is InChI=1S/C14H9ClF3N5O/c15-7-3-5(1-2-8(7)16)20-13(23-24)6-4-9(17)10(18)12-11(6)21-14(19)22-12/h1-4,24H,(H,20,23)(H3,19,21,22). The fourth-order valence-corrected chi connectivity index (χ4v) is 2.31. The van der Waals surface area contributed by atoms with E-state index in [2.05, 4.69) is 15.0 Å². The van der Waals surface area contributed by atoms with Gasteiger partial charge in [-0.25, -0.2) is 23.1 Å². The molecule has 6 nitrogen and oxygen atoms in total. The first-order chi connectivity index (χ1) is 11.4. The highest BCUT2D eigenvalue weighted by Crippen LogP contribution is 2.26. The Morgan fingerprint density at radius 3 is 2.67 bits per heavy atom. The van der Waals surface area contributed by atoms with Gasteiger partial charge >= 0.3 is 0 Å². The van der Waals surface area contributed by atoms with E-state index in [1.54, 1.807) is 5.48 Å². The van der Waals surface area contributed by atoms with Gasteiger partial charge in [0.2, 0.25) is 0 Å². The lowest BCUT2D eigenvalue weighted by Crippen LogP contribution is -2.21. The van der Waals surface area contributed by atoms with E-state index in [1.807, 2.05) is 0 Å². The zero-order chi connectivity index (χ0) is 17.4. The van der Waals surface area contributed by atoms with E-state index in [1.165, 1.54) is 12.1 Å². The molecule has 0 aliphatic rings. The maximum absolute atomic E-state index is 13.8. The SMILES string of the molecule is Nc1nc2c(F)c(F)cc(C(=Nc3ccc(F)c(Cl)c3)NO)c2[nH]1. The van der Waals surface area contributed by atoms with Gasteiger partial charge in [-0.3, -0.25) is 10.7 Å². The maximum atomic E-state index is 13.8. The lowest BCUT2D eigenvalue weighted by atomic mass is 10.1. The predicted molar refractivity (Wildman–Crippen MR) is 83.0 cm³/mol. The lowest BCUT2D eigenvalue weighted by molar-refractivity contribution is 0.235. The minimum Gasteiger partial charge on any atom is -0.369 e. The monoisotopic (exact) mass is 355 g/mol. The molecule has 0 spiro atoms. The lowest BCUT2D eigenvalue weighted by Gasteiger charge is -2.08. The van der Waals surface area contributed by atoms with Crippen LogP contribution >= 0.6 is 11.6 Å². The second-order valence-corrected chi connectivity index (χ2v) is 5.14. The molecule has 0 unspecified atom stereocenters. The summed E-state index contributed by atoms with van der Waals surface area (Å²) in [6.45, 7) is 0. The highest BCUT2D eigenvalue weighted by molar-refractivity contribution is 6.31. The summed E-state index contributed by atoms with van der Waals surface area (Å²) in [5, 5.41) is 9.14. The molecule has 0 aliphatic heterocycles. The molecule has 1 aromatic heterocycles. The number of hydrogen-bond donors (Lipinski definition) is 4. The van der Waals surface area contributed by atoms with Crippen molar-refractivity contribution in [1.29, 1.82) is 0 Å². The molecule has 0 atom stereocenters. The second-order valence-electron chi connectivity index (χ2n) is 4.74. The molecule has 24 heavy (non-hydrogen) atoms. The molecule has 10 heteroatoms. The number of halogens is 4. The average Bonchev–Trinajstić information content (AvgIpc) is 2.94. The van der Waals surface area contributed by atoms with E-state index in [9.17, 15) is 18.4 Å². The number of imidazole rings is 1. The molecule has 0 saturated heterocycles. The van der Waals surface area contributed by atoms with Crippen molar-refractivity contribution < 1.29 is 18.4 Å². The minimum atomic E-state index is -1.20. The zero-order valence-corrected chi connectivity index (χ0v) is 12.5. The molecule has 3 aromatic rings. The number of hydroxylamine groups is 1. The van der Waals surface area contributed by atoms with Gasteiger partial charge in [-0.15, -0.1) is 0 Å². The number of aromatic nitrogens is 2. The first kappa shape index (κ1) is 16.1. The van der Waals surface area contributed by atoms with E-state index in [-0.39, 0.29) is 39.1 Å². The van der Waals surface area contributed by atoms with Gasteiger partial charge in [0.05, 0.1) is 16.2 Å². The number of anilines is 1. The van der Waals surface area contributed by atoms with E-state index in [4.69, 9.17) is 17.3 Å². The number of nitrogens with zero attached hydrogens (tertiary/aromatic N) is 2. The molecule has 0 saturated carbocycles. The van der Waals surface area contributed by atoms with Crippen LogP contribution in [0.4, 0.5) is 24.8 Å². The van der Waals surface area contributed by atoms with Gasteiger partial charge in [0.15, 0.2) is 23.4 Å². The fraction of sp³-hybridized carbons (Fsp3) is 0. The third kappa shape index (κ3) is 2.74. The number of amidine groups is 1. The number of aliphatic imine (C=N–C) groups is 1. The van der Waals surface area contributed by atoms with Crippen LogP contribution in [0.3, 0.4) is 0 Å². The van der Waals surface area contributed by atoms with Crippen LogP contribution in [0, 0.1) is 17.5 Å². The van der Waals surface area contributed by atoms with Crippen LogP contribution in [0.1, 0.15) is 5.56 Å². The number of benzene rings is 2. The van der Waals surface area contributed by atoms with Crippen molar-refractivity contribution >= 4 is 40.1 Å². The number of fused-ring (bicyclic) bond motifs is 1. The van der Waals surface area contributed by atoms with E-state index >= 15 is 0 Å². The van der Waals surface area contributed by atoms with Crippen molar-refractivity contribution in [2.45, 2.75) is 0 Å². The first-order valence-electron chi connectivity index (χ1n) is 6.48. The number of H-pyrrole nitrogens is 1. The maximum Gasteiger partial charge on any atom is 0.198 e. The van der Waals surface area contributed by atoms with Crippen LogP contribution in [-0.2, 0) is 0 Å². The Kier molecular flexibility index (Phi) is 4.04. The largest absolute Gasteiger partial charge is 0.369 e. The Hall–Kier alpha value is -2.78. The summed E-state index contributed by atoms with van der Waals surface area (Å²) in [5.41, 5.74) is 7.08. The Morgan fingerprint density at radius 1 is 1.25 bits per heavy atom. The molecule has 0 fully saturated rings. The van der Waals surface area contributed by atoms with Gasteiger partial charge in [0.1, 0.15) is 11.3 Å². The van der Waals surface area contributed by atoms with Crippen molar-refractivity contribution in [2.24, 2.45) is 4.99 Å². The van der Waals surface area contributed by atoms with Gasteiger partial charge in [-0.1, -0.05) is 11.6 Å². The predicted octanol–water partition coefficient (Wildman–Crippen LogP) is 3.27. The molecule has 0 amide bonds. The molecule has 124 valence electrons. The molecular weight excluding hydrogens is 347 g/mol. The van der Waals surface area contributed by atoms with Crippen molar-refractivity contribution in [1.82, 2.24) is 15.4 Å². The van der Waals surface area contributed by atoms with E-state index in [0.717, 1.165) is 12.1 Å². The summed E-state index contributed by atoms with van der Waals surface area (Å²) in [4.78, 5) is 10.2. The molecule has 0 radical (unpaired) electrons. The van der Waals surface area contributed by atoms with Gasteiger partial charge in [0, 0.05) is 5.56 Å². The Morgan fingerprint density at radius 2 is 2.00 bits per heavy atom. The summed E-state index contributed by atoms with van der Waals surface area (Å²) in [6, 6.07) is 4.37. The zero-order valence-electron chi connectivity index (χ0n) is 11.7. The Bertz CT molecular complexity index is 973. The number of aromatic amines is 1. The van der Waals surface area contributed by atoms with Gasteiger partial charge in [-0.2, -0.15) is 0 Å². The number of nitrogens with two attached hydrogens (primary N) is 1. The summed E-state index contributed by atoms with van der Waals surface area (Å²) in [6.07, 6.45) is 0. The quantitative estimate of drug-likeness (QED) is 0.322. The highest BCUT2D eigenvalue weighted by Gasteiger charge is 2.19. The molecule has 0 aliphatic carbocycles. The van der Waals surface area contributed by atoms with Crippen LogP contribution < -0.4 is 11.2 Å². The van der Waals surface area contributed by atoms with E-state index in [0.29, 0.717) is 0 Å². The average molecular weight is 356 g/mol. The Balaban J connectivity index is 2.21. The molecule has 5 N–H and O–H groups in total. The van der Waals surface area contributed by atoms with Crippen molar-refractivity contribution in [3.8, 4) is 0 Å². The molecule has 1 heterocycles. The summed E-state index contributed by atoms with van der Waals surface area (Å²) < 4.78 is 40.7. The van der Waals surface area contributed by atoms with Crippen LogP contribution in [0.2, 0.25) is 5.02 Å². The van der Waals surface area contributed by atoms with Gasteiger partial charge < -0.3 is 10.7 Å². The Labute approximate surface area is 137 Å². The number of nitrogens with one attached hydrogen (secondary N) is 2. The number of nitrogen functional groups attached to an aromatic ring is 1.